The molecule has 0 radical (unpaired) electrons. The van der Waals surface area contributed by atoms with Gasteiger partial charge in [-0.2, -0.15) is 0 Å². The largest absolute Gasteiger partial charge is 0.310 e. The van der Waals surface area contributed by atoms with Crippen molar-refractivity contribution in [2.45, 2.75) is 116 Å². The van der Waals surface area contributed by atoms with Crippen LogP contribution >= 0.6 is 45.3 Å². The van der Waals surface area contributed by atoms with Gasteiger partial charge in [0.05, 0.1) is 41.2 Å². The van der Waals surface area contributed by atoms with Crippen molar-refractivity contribution in [3.63, 3.8) is 0 Å². The summed E-state index contributed by atoms with van der Waals surface area (Å²) >= 11 is 7.39. The molecule has 0 aliphatic heterocycles. The molecule has 522 valence electrons. The topological polar surface area (TPSA) is 58.0 Å². The summed E-state index contributed by atoms with van der Waals surface area (Å²) in [5, 5.41) is 7.61. The number of hydrogen-bond donors (Lipinski definition) is 0. The molecule has 0 saturated heterocycles. The Labute approximate surface area is 644 Å². The number of aromatic nitrogens is 4. The molecule has 10 aromatic carbocycles. The van der Waals surface area contributed by atoms with Crippen molar-refractivity contribution in [3.05, 3.63) is 298 Å². The fourth-order valence-corrected chi connectivity index (χ4v) is 24.4. The van der Waals surface area contributed by atoms with Crippen LogP contribution in [0, 0.1) is 0 Å². The van der Waals surface area contributed by atoms with Gasteiger partial charge >= 0.3 is 0 Å². The Kier molecular flexibility index (Phi) is 13.5. The molecule has 6 nitrogen and oxygen atoms in total. The van der Waals surface area contributed by atoms with E-state index < -0.39 is 0 Å². The van der Waals surface area contributed by atoms with Crippen LogP contribution in [0.1, 0.15) is 149 Å². The lowest BCUT2D eigenvalue weighted by atomic mass is 9.78. The summed E-state index contributed by atoms with van der Waals surface area (Å²) in [6, 6.07) is 81.0. The molecular weight excluding hydrogens is 1390 g/mol. The summed E-state index contributed by atoms with van der Waals surface area (Å²) in [7, 11) is 0. The Morgan fingerprint density at radius 2 is 0.750 bits per heavy atom. The first-order valence-electron chi connectivity index (χ1n) is 37.9. The van der Waals surface area contributed by atoms with Crippen molar-refractivity contribution in [3.8, 4) is 44.8 Å². The van der Waals surface area contributed by atoms with Gasteiger partial charge in [-0.3, -0.25) is 19.9 Å². The van der Waals surface area contributed by atoms with Crippen molar-refractivity contribution in [2.75, 3.05) is 9.80 Å². The molecule has 4 aliphatic carbocycles. The number of thiophene rings is 4. The first kappa shape index (κ1) is 64.5. The number of rotatable bonds is 10. The summed E-state index contributed by atoms with van der Waals surface area (Å²) in [5.74, 6) is 0.668. The van der Waals surface area contributed by atoms with E-state index in [9.17, 15) is 0 Å². The molecule has 0 bridgehead atoms. The molecule has 1 atom stereocenters. The quantitative estimate of drug-likeness (QED) is 0.136. The van der Waals surface area contributed by atoms with E-state index in [0.717, 1.165) is 63.0 Å². The Hall–Kier alpha value is -10.7. The van der Waals surface area contributed by atoms with E-state index in [0.29, 0.717) is 5.92 Å². The monoisotopic (exact) mass is 1460 g/mol. The Morgan fingerprint density at radius 3 is 1.27 bits per heavy atom. The molecule has 0 amide bonds. The van der Waals surface area contributed by atoms with Crippen LogP contribution in [0.15, 0.2) is 237 Å². The predicted octanol–water partition coefficient (Wildman–Crippen LogP) is 28.4. The number of nitrogens with zero attached hydrogens (tertiary/aromatic N) is 6. The van der Waals surface area contributed by atoms with Crippen molar-refractivity contribution in [1.29, 1.82) is 0 Å². The van der Waals surface area contributed by atoms with E-state index >= 15 is 0 Å². The van der Waals surface area contributed by atoms with Gasteiger partial charge in [0.1, 0.15) is 0 Å². The first-order valence-corrected chi connectivity index (χ1v) is 41.2. The second-order valence-corrected chi connectivity index (χ2v) is 37.4. The van der Waals surface area contributed by atoms with Crippen LogP contribution in [-0.4, -0.2) is 19.9 Å². The van der Waals surface area contributed by atoms with Crippen molar-refractivity contribution in [1.82, 2.24) is 19.9 Å². The lowest BCUT2D eigenvalue weighted by Crippen LogP contribution is -2.20. The minimum absolute atomic E-state index is 0.133. The van der Waals surface area contributed by atoms with Gasteiger partial charge in [0, 0.05) is 143 Å². The summed E-state index contributed by atoms with van der Waals surface area (Å²) in [5.41, 5.74) is 32.5. The van der Waals surface area contributed by atoms with Gasteiger partial charge in [0.15, 0.2) is 0 Å². The van der Waals surface area contributed by atoms with Crippen LogP contribution in [0.25, 0.3) is 126 Å². The smallest absolute Gasteiger partial charge is 0.0895 e. The Bertz CT molecular complexity index is 6790. The molecule has 22 rings (SSSR count). The number of pyridine rings is 4. The molecule has 0 spiro atoms. The molecule has 0 N–H and O–H groups in total. The second kappa shape index (κ2) is 22.7. The second-order valence-electron chi connectivity index (χ2n) is 33.2. The average Bonchev–Trinajstić information content (AvgIpc) is 1.53. The molecule has 10 heteroatoms. The average molecular weight is 1470 g/mol. The van der Waals surface area contributed by atoms with E-state index in [1.807, 2.05) is 45.3 Å². The third-order valence-corrected chi connectivity index (χ3v) is 29.8. The van der Waals surface area contributed by atoms with Gasteiger partial charge < -0.3 is 9.80 Å². The van der Waals surface area contributed by atoms with Crippen molar-refractivity contribution < 1.29 is 0 Å². The zero-order chi connectivity index (χ0) is 72.9. The maximum absolute atomic E-state index is 5.51. The molecule has 0 saturated carbocycles. The van der Waals surface area contributed by atoms with E-state index in [2.05, 4.69) is 323 Å². The predicted molar refractivity (Wildman–Crippen MR) is 461 cm³/mol. The standard InChI is InChI=1S/C98H76N6S4/c1-52(2)55-25-29-57(30-26-55)103(59-33-38-65-73(44-59)97(8,9)87-83-63-18-12-15-21-71(63)95(4,5)75(83)48-99-89(65)87)60-34-39-66-74(45-60)98(10,11)88-84-64-37-24-54(43-72(64)96(6,7)76(84)49-100-90(66)88)42-53(3)56-27-31-58(32-28-56)104(61-35-40-69-79(46-61)107-93-85-67-19-13-16-22-77(67)105-81(85)50-101-91(69)93)62-36-41-70-80(47-62)108-94-86-68-20-14-17-23-78(68)106-82(86)51-102-92(70)94/h12-41,43-53H,42H2,1-11H3. The van der Waals surface area contributed by atoms with Gasteiger partial charge in [0.2, 0.25) is 0 Å². The lowest BCUT2D eigenvalue weighted by molar-refractivity contribution is 0.642. The number of benzene rings is 10. The highest BCUT2D eigenvalue weighted by molar-refractivity contribution is 7.30. The summed E-state index contributed by atoms with van der Waals surface area (Å²) in [6.07, 6.45) is 9.44. The molecule has 8 heterocycles. The third kappa shape index (κ3) is 8.97. The van der Waals surface area contributed by atoms with E-state index in [1.165, 1.54) is 164 Å². The Morgan fingerprint density at radius 1 is 0.324 bits per heavy atom. The maximum atomic E-state index is 5.51. The number of anilines is 6. The van der Waals surface area contributed by atoms with Gasteiger partial charge in [-0.15, -0.1) is 45.3 Å². The third-order valence-electron chi connectivity index (χ3n) is 25.2. The summed E-state index contributed by atoms with van der Waals surface area (Å²) in [4.78, 5) is 26.1. The molecule has 4 aliphatic rings. The van der Waals surface area contributed by atoms with Crippen LogP contribution in [0.3, 0.4) is 0 Å². The highest BCUT2D eigenvalue weighted by Crippen LogP contribution is 2.62. The minimum Gasteiger partial charge on any atom is -0.310 e. The van der Waals surface area contributed by atoms with E-state index in [-0.39, 0.29) is 27.6 Å². The molecule has 108 heavy (non-hydrogen) atoms. The lowest BCUT2D eigenvalue weighted by Gasteiger charge is -2.30. The van der Waals surface area contributed by atoms with Gasteiger partial charge in [0.25, 0.3) is 0 Å². The zero-order valence-electron chi connectivity index (χ0n) is 62.2. The van der Waals surface area contributed by atoms with E-state index in [4.69, 9.17) is 19.9 Å². The zero-order valence-corrected chi connectivity index (χ0v) is 65.5. The van der Waals surface area contributed by atoms with Crippen LogP contribution in [0.2, 0.25) is 0 Å². The van der Waals surface area contributed by atoms with Crippen LogP contribution < -0.4 is 9.80 Å². The highest BCUT2D eigenvalue weighted by atomic mass is 32.1. The minimum atomic E-state index is -0.359. The Balaban J connectivity index is 0.590. The number of hydrogen-bond acceptors (Lipinski definition) is 10. The highest BCUT2D eigenvalue weighted by Gasteiger charge is 2.48. The van der Waals surface area contributed by atoms with E-state index in [1.54, 1.807) is 0 Å². The van der Waals surface area contributed by atoms with Crippen molar-refractivity contribution in [2.24, 2.45) is 0 Å². The van der Waals surface area contributed by atoms with Crippen LogP contribution in [0.4, 0.5) is 34.1 Å². The molecular formula is C98H76N6S4. The number of fused-ring (bicyclic) bond motifs is 28. The van der Waals surface area contributed by atoms with Gasteiger partial charge in [-0.25, -0.2) is 0 Å². The van der Waals surface area contributed by atoms with Crippen molar-refractivity contribution >= 4 is 160 Å². The fraction of sp³-hybridized carbons (Fsp3) is 0.184. The maximum Gasteiger partial charge on any atom is 0.0895 e. The summed E-state index contributed by atoms with van der Waals surface area (Å²) in [6.45, 7) is 26.2. The molecule has 0 fully saturated rings. The normalized spacial score (nSPS) is 15.4. The molecule has 1 unspecified atom stereocenters. The molecule has 18 aromatic rings. The molecule has 8 aromatic heterocycles. The first-order chi connectivity index (χ1) is 52.3. The van der Waals surface area contributed by atoms with Gasteiger partial charge in [-0.1, -0.05) is 191 Å². The SMILES string of the molecule is CC(C)c1ccc(N(c2ccc3c(c2)C(C)(C)c2c-3ncc3c2-c2ccccc2C3(C)C)c2ccc3c(c2)C(C)(C)c2c-3ncc3c2-c2ccc(CC(C)c4ccc(N(c5ccc6c(c5)sc5c6ncc6sc7ccccc7c65)c5ccc6c(c5)sc5c6ncc6sc7ccccc7c65)cc4)cc2C3(C)C)cc1. The van der Waals surface area contributed by atoms with Crippen LogP contribution in [0.5, 0.6) is 0 Å². The fourth-order valence-electron chi connectivity index (χ4n) is 19.6. The van der Waals surface area contributed by atoms with Gasteiger partial charge in [-0.05, 0) is 199 Å². The summed E-state index contributed by atoms with van der Waals surface area (Å²) < 4.78 is 10.0. The van der Waals surface area contributed by atoms with Crippen LogP contribution in [-0.2, 0) is 28.1 Å².